The number of esters is 2. The molecule has 0 unspecified atom stereocenters. The maximum absolute atomic E-state index is 12.7. The zero-order chi connectivity index (χ0) is 19.9. The number of nitrogens with zero attached hydrogens (tertiary/aromatic N) is 1. The molecule has 2 aromatic carbocycles. The number of amides is 1. The first-order valence-electron chi connectivity index (χ1n) is 9.22. The van der Waals surface area contributed by atoms with Crippen LogP contribution in [0.2, 0.25) is 0 Å². The molecule has 2 aromatic rings. The van der Waals surface area contributed by atoms with Crippen LogP contribution in [0.4, 0.5) is 0 Å². The van der Waals surface area contributed by atoms with Crippen molar-refractivity contribution in [2.75, 3.05) is 13.7 Å². The minimum Gasteiger partial charge on any atom is -0.467 e. The van der Waals surface area contributed by atoms with E-state index in [1.807, 2.05) is 54.6 Å². The van der Waals surface area contributed by atoms with E-state index in [2.05, 4.69) is 0 Å². The van der Waals surface area contributed by atoms with Crippen LogP contribution < -0.4 is 0 Å². The Labute approximate surface area is 164 Å². The number of rotatable bonds is 6. The lowest BCUT2D eigenvalue weighted by Crippen LogP contribution is -2.50. The maximum atomic E-state index is 12.7. The lowest BCUT2D eigenvalue weighted by Gasteiger charge is -2.35. The fraction of sp³-hybridized carbons (Fsp3) is 0.318. The first-order valence-corrected chi connectivity index (χ1v) is 9.22. The molecule has 0 fully saturated rings. The number of carbonyl (C=O) groups excluding carboxylic acids is 3. The highest BCUT2D eigenvalue weighted by Gasteiger charge is 2.35. The number of ether oxygens (including phenoxy) is 2. The number of hydrogen-bond acceptors (Lipinski definition) is 5. The first kappa shape index (κ1) is 19.6. The highest BCUT2D eigenvalue weighted by atomic mass is 16.5. The van der Waals surface area contributed by atoms with E-state index in [1.54, 1.807) is 0 Å². The van der Waals surface area contributed by atoms with Crippen molar-refractivity contribution in [3.05, 3.63) is 71.3 Å². The van der Waals surface area contributed by atoms with Crippen LogP contribution in [-0.2, 0) is 43.2 Å². The highest BCUT2D eigenvalue weighted by molar-refractivity contribution is 5.87. The van der Waals surface area contributed by atoms with Gasteiger partial charge in [-0.1, -0.05) is 54.6 Å². The Bertz CT molecular complexity index is 849. The molecule has 0 radical (unpaired) electrons. The third-order valence-electron chi connectivity index (χ3n) is 4.86. The lowest BCUT2D eigenvalue weighted by atomic mass is 9.94. The molecule has 1 aliphatic rings. The largest absolute Gasteiger partial charge is 0.467 e. The number of aryl methyl sites for hydroxylation is 1. The quantitative estimate of drug-likeness (QED) is 0.718. The van der Waals surface area contributed by atoms with Crippen molar-refractivity contribution >= 4 is 17.8 Å². The molecule has 146 valence electrons. The van der Waals surface area contributed by atoms with E-state index in [-0.39, 0.29) is 19.6 Å². The van der Waals surface area contributed by atoms with Crippen LogP contribution in [-0.4, -0.2) is 42.5 Å². The van der Waals surface area contributed by atoms with E-state index >= 15 is 0 Å². The minimum atomic E-state index is -0.713. The van der Waals surface area contributed by atoms with Gasteiger partial charge in [0.1, 0.15) is 6.04 Å². The van der Waals surface area contributed by atoms with Gasteiger partial charge in [0, 0.05) is 19.4 Å². The van der Waals surface area contributed by atoms with Gasteiger partial charge in [0.15, 0.2) is 6.61 Å². The van der Waals surface area contributed by atoms with Gasteiger partial charge in [-0.25, -0.2) is 4.79 Å². The normalized spacial score (nSPS) is 15.5. The summed E-state index contributed by atoms with van der Waals surface area (Å²) in [5.74, 6) is -1.32. The Morgan fingerprint density at radius 3 is 2.39 bits per heavy atom. The molecule has 1 amide bonds. The zero-order valence-electron chi connectivity index (χ0n) is 15.8. The first-order chi connectivity index (χ1) is 13.6. The van der Waals surface area contributed by atoms with Crippen molar-refractivity contribution < 1.29 is 23.9 Å². The monoisotopic (exact) mass is 381 g/mol. The summed E-state index contributed by atoms with van der Waals surface area (Å²) in [6.07, 6.45) is 1.13. The Morgan fingerprint density at radius 2 is 1.68 bits per heavy atom. The second-order valence-electron chi connectivity index (χ2n) is 6.68. The van der Waals surface area contributed by atoms with Crippen LogP contribution in [0, 0.1) is 0 Å². The van der Waals surface area contributed by atoms with Crippen LogP contribution in [0.3, 0.4) is 0 Å². The van der Waals surface area contributed by atoms with Gasteiger partial charge in [-0.15, -0.1) is 0 Å². The average Bonchev–Trinajstić information content (AvgIpc) is 2.75. The second kappa shape index (κ2) is 9.17. The molecular weight excluding hydrogens is 358 g/mol. The average molecular weight is 381 g/mol. The van der Waals surface area contributed by atoms with Crippen molar-refractivity contribution in [3.63, 3.8) is 0 Å². The molecular formula is C22H23NO5. The van der Waals surface area contributed by atoms with Crippen molar-refractivity contribution in [1.82, 2.24) is 4.90 Å². The van der Waals surface area contributed by atoms with Gasteiger partial charge in [-0.05, 0) is 23.1 Å². The van der Waals surface area contributed by atoms with Gasteiger partial charge in [-0.3, -0.25) is 9.59 Å². The summed E-state index contributed by atoms with van der Waals surface area (Å²) in [7, 11) is 1.30. The van der Waals surface area contributed by atoms with Crippen molar-refractivity contribution in [2.45, 2.75) is 31.8 Å². The number of carbonyl (C=O) groups is 3. The fourth-order valence-electron chi connectivity index (χ4n) is 3.32. The molecule has 3 rings (SSSR count). The molecule has 1 aliphatic heterocycles. The van der Waals surface area contributed by atoms with Crippen molar-refractivity contribution in [3.8, 4) is 0 Å². The van der Waals surface area contributed by atoms with E-state index in [4.69, 9.17) is 9.47 Å². The molecule has 0 bridgehead atoms. The second-order valence-corrected chi connectivity index (χ2v) is 6.68. The van der Waals surface area contributed by atoms with E-state index in [9.17, 15) is 14.4 Å². The minimum absolute atomic E-state index is 0.195. The molecule has 0 saturated carbocycles. The van der Waals surface area contributed by atoms with Gasteiger partial charge in [0.2, 0.25) is 0 Å². The van der Waals surface area contributed by atoms with Gasteiger partial charge >= 0.3 is 11.9 Å². The summed E-state index contributed by atoms with van der Waals surface area (Å²) >= 11 is 0. The van der Waals surface area contributed by atoms with Crippen molar-refractivity contribution in [2.24, 2.45) is 0 Å². The summed E-state index contributed by atoms with van der Waals surface area (Å²) < 4.78 is 10.0. The van der Waals surface area contributed by atoms with E-state index in [1.165, 1.54) is 12.0 Å². The Morgan fingerprint density at radius 1 is 1.00 bits per heavy atom. The third-order valence-corrected chi connectivity index (χ3v) is 4.86. The van der Waals surface area contributed by atoms with Crippen LogP contribution >= 0.6 is 0 Å². The molecule has 1 heterocycles. The summed E-state index contributed by atoms with van der Waals surface area (Å²) in [6.45, 7) is -0.0976. The van der Waals surface area contributed by atoms with E-state index in [0.29, 0.717) is 12.8 Å². The predicted molar refractivity (Wildman–Crippen MR) is 102 cm³/mol. The summed E-state index contributed by atoms with van der Waals surface area (Å²) in [6, 6.07) is 16.5. The van der Waals surface area contributed by atoms with Gasteiger partial charge in [0.25, 0.3) is 5.91 Å². The highest BCUT2D eigenvalue weighted by Crippen LogP contribution is 2.24. The molecule has 0 aromatic heterocycles. The molecule has 0 spiro atoms. The molecule has 28 heavy (non-hydrogen) atoms. The van der Waals surface area contributed by atoms with Crippen molar-refractivity contribution in [1.29, 1.82) is 0 Å². The molecule has 6 heteroatoms. The van der Waals surface area contributed by atoms with Crippen LogP contribution in [0.5, 0.6) is 0 Å². The van der Waals surface area contributed by atoms with E-state index in [0.717, 1.165) is 16.7 Å². The lowest BCUT2D eigenvalue weighted by molar-refractivity contribution is -0.159. The molecule has 0 N–H and O–H groups in total. The van der Waals surface area contributed by atoms with Gasteiger partial charge < -0.3 is 14.4 Å². The van der Waals surface area contributed by atoms with E-state index < -0.39 is 23.9 Å². The van der Waals surface area contributed by atoms with Crippen LogP contribution in [0.1, 0.15) is 23.1 Å². The smallest absolute Gasteiger partial charge is 0.328 e. The van der Waals surface area contributed by atoms with Gasteiger partial charge in [-0.2, -0.15) is 0 Å². The Kier molecular flexibility index (Phi) is 6.42. The standard InChI is InChI=1S/C22H23NO5/c1-27-22(26)19-13-17-9-5-6-10-18(17)14-23(19)20(24)15-28-21(25)12-11-16-7-3-2-4-8-16/h2-10,19H,11-15H2,1H3/t19-/m0/s1. The summed E-state index contributed by atoms with van der Waals surface area (Å²) in [5, 5.41) is 0. The zero-order valence-corrected chi connectivity index (χ0v) is 15.8. The summed E-state index contributed by atoms with van der Waals surface area (Å²) in [5.41, 5.74) is 3.03. The Balaban J connectivity index is 1.58. The predicted octanol–water partition coefficient (Wildman–Crippen LogP) is 2.29. The third kappa shape index (κ3) is 4.76. The molecule has 0 aliphatic carbocycles. The molecule has 0 saturated heterocycles. The number of hydrogen-bond donors (Lipinski definition) is 0. The maximum Gasteiger partial charge on any atom is 0.328 e. The number of methoxy groups -OCH3 is 1. The Hall–Kier alpha value is -3.15. The topological polar surface area (TPSA) is 72.9 Å². The number of fused-ring (bicyclic) bond motifs is 1. The molecule has 6 nitrogen and oxygen atoms in total. The molecule has 1 atom stereocenters. The summed E-state index contributed by atoms with van der Waals surface area (Å²) in [4.78, 5) is 38.2. The SMILES string of the molecule is COC(=O)[C@@H]1Cc2ccccc2CN1C(=O)COC(=O)CCc1ccccc1. The van der Waals surface area contributed by atoms with Crippen LogP contribution in [0.25, 0.3) is 0 Å². The fourth-order valence-corrected chi connectivity index (χ4v) is 3.32. The van der Waals surface area contributed by atoms with Crippen LogP contribution in [0.15, 0.2) is 54.6 Å². The van der Waals surface area contributed by atoms with Gasteiger partial charge in [0.05, 0.1) is 7.11 Å². The number of benzene rings is 2.